The van der Waals surface area contributed by atoms with Gasteiger partial charge < -0.3 is 10.9 Å². The Kier molecular flexibility index (Phi) is 5.62. The van der Waals surface area contributed by atoms with E-state index in [0.717, 1.165) is 12.0 Å². The molecule has 6 nitrogen and oxygen atoms in total. The molecule has 0 spiro atoms. The lowest BCUT2D eigenvalue weighted by Gasteiger charge is -2.08. The van der Waals surface area contributed by atoms with Crippen molar-refractivity contribution in [3.8, 4) is 0 Å². The molecule has 0 amide bonds. The molecule has 0 heterocycles. The van der Waals surface area contributed by atoms with Crippen molar-refractivity contribution in [3.05, 3.63) is 29.8 Å². The summed E-state index contributed by atoms with van der Waals surface area (Å²) >= 11 is 0. The molecule has 0 fully saturated rings. The topological polar surface area (TPSA) is 105 Å². The van der Waals surface area contributed by atoms with Crippen LogP contribution in [0.3, 0.4) is 0 Å². The first kappa shape index (κ1) is 15.3. The second-order valence-electron chi connectivity index (χ2n) is 4.24. The summed E-state index contributed by atoms with van der Waals surface area (Å²) in [6.07, 6.45) is 1.79. The van der Waals surface area contributed by atoms with Crippen LogP contribution in [0.5, 0.6) is 0 Å². The van der Waals surface area contributed by atoms with E-state index in [1.54, 1.807) is 24.3 Å². The molecule has 4 N–H and O–H groups in total. The Morgan fingerprint density at radius 1 is 1.37 bits per heavy atom. The van der Waals surface area contributed by atoms with Crippen molar-refractivity contribution >= 4 is 21.5 Å². The number of rotatable bonds is 7. The van der Waals surface area contributed by atoms with Crippen molar-refractivity contribution in [3.63, 3.8) is 0 Å². The lowest BCUT2D eigenvalue weighted by Crippen LogP contribution is -2.17. The monoisotopic (exact) mass is 285 g/mol. The van der Waals surface area contributed by atoms with E-state index in [2.05, 4.69) is 9.88 Å². The van der Waals surface area contributed by atoms with Gasteiger partial charge in [0, 0.05) is 12.1 Å². The molecule has 0 bridgehead atoms. The molecule has 1 aromatic carbocycles. The number of hydrogen-bond donors (Lipinski definition) is 3. The number of oxime groups is 1. The zero-order valence-electron chi connectivity index (χ0n) is 10.8. The minimum atomic E-state index is -3.28. The van der Waals surface area contributed by atoms with Gasteiger partial charge in [-0.1, -0.05) is 30.6 Å². The number of nitrogens with one attached hydrogen (secondary N) is 1. The Balaban J connectivity index is 2.67. The van der Waals surface area contributed by atoms with Gasteiger partial charge in [0.1, 0.15) is 5.84 Å². The molecule has 0 saturated carbocycles. The van der Waals surface area contributed by atoms with E-state index < -0.39 is 10.0 Å². The average molecular weight is 285 g/mol. The first-order chi connectivity index (χ1) is 8.96. The van der Waals surface area contributed by atoms with E-state index in [1.807, 2.05) is 6.92 Å². The van der Waals surface area contributed by atoms with E-state index >= 15 is 0 Å². The fourth-order valence-corrected chi connectivity index (χ4v) is 2.77. The highest BCUT2D eigenvalue weighted by Crippen LogP contribution is 2.12. The maximum Gasteiger partial charge on any atom is 0.232 e. The normalized spacial score (nSPS) is 12.4. The molecule has 1 aromatic rings. The number of anilines is 1. The zero-order chi connectivity index (χ0) is 14.3. The van der Waals surface area contributed by atoms with E-state index in [4.69, 9.17) is 10.9 Å². The average Bonchev–Trinajstić information content (AvgIpc) is 2.38. The lowest BCUT2D eigenvalue weighted by atomic mass is 10.1. The predicted molar refractivity (Wildman–Crippen MR) is 75.9 cm³/mol. The summed E-state index contributed by atoms with van der Waals surface area (Å²) in [5, 5.41) is 11.3. The SMILES string of the molecule is CCCCS(=O)(=O)Nc1ccc(CC(N)=NO)cc1. The highest BCUT2D eigenvalue weighted by atomic mass is 32.2. The molecule has 19 heavy (non-hydrogen) atoms. The smallest absolute Gasteiger partial charge is 0.232 e. The molecule has 0 radical (unpaired) electrons. The van der Waals surface area contributed by atoms with Gasteiger partial charge in [-0.15, -0.1) is 0 Å². The fourth-order valence-electron chi connectivity index (χ4n) is 1.50. The molecule has 0 aliphatic heterocycles. The van der Waals surface area contributed by atoms with Crippen LogP contribution in [0.25, 0.3) is 0 Å². The minimum absolute atomic E-state index is 0.108. The summed E-state index contributed by atoms with van der Waals surface area (Å²) in [7, 11) is -3.28. The fraction of sp³-hybridized carbons (Fsp3) is 0.417. The molecule has 0 aromatic heterocycles. The van der Waals surface area contributed by atoms with Crippen LogP contribution >= 0.6 is 0 Å². The number of sulfonamides is 1. The Morgan fingerprint density at radius 2 is 2.00 bits per heavy atom. The van der Waals surface area contributed by atoms with Gasteiger partial charge >= 0.3 is 0 Å². The van der Waals surface area contributed by atoms with Crippen LogP contribution in [0.1, 0.15) is 25.3 Å². The van der Waals surface area contributed by atoms with Gasteiger partial charge in [0.15, 0.2) is 0 Å². The van der Waals surface area contributed by atoms with Crippen LogP contribution in [0.4, 0.5) is 5.69 Å². The number of hydrogen-bond acceptors (Lipinski definition) is 4. The maximum absolute atomic E-state index is 11.7. The molecule has 0 saturated heterocycles. The van der Waals surface area contributed by atoms with E-state index in [-0.39, 0.29) is 11.6 Å². The third kappa shape index (κ3) is 5.60. The minimum Gasteiger partial charge on any atom is -0.409 e. The van der Waals surface area contributed by atoms with Crippen LogP contribution < -0.4 is 10.5 Å². The number of nitrogens with zero attached hydrogens (tertiary/aromatic N) is 1. The Morgan fingerprint density at radius 3 is 2.53 bits per heavy atom. The van der Waals surface area contributed by atoms with Crippen LogP contribution in [0, 0.1) is 0 Å². The maximum atomic E-state index is 11.7. The molecule has 106 valence electrons. The summed E-state index contributed by atoms with van der Waals surface area (Å²) in [6, 6.07) is 6.78. The highest BCUT2D eigenvalue weighted by molar-refractivity contribution is 7.92. The van der Waals surface area contributed by atoms with Crippen LogP contribution in [-0.4, -0.2) is 25.2 Å². The molecule has 0 aliphatic rings. The molecule has 7 heteroatoms. The third-order valence-corrected chi connectivity index (χ3v) is 3.88. The Bertz CT molecular complexity index is 524. The van der Waals surface area contributed by atoms with Gasteiger partial charge in [0.05, 0.1) is 5.75 Å². The van der Waals surface area contributed by atoms with Crippen LogP contribution in [0.15, 0.2) is 29.4 Å². The number of amidine groups is 1. The number of nitrogens with two attached hydrogens (primary N) is 1. The van der Waals surface area contributed by atoms with Gasteiger partial charge in [0.2, 0.25) is 10.0 Å². The van der Waals surface area contributed by atoms with Crippen LogP contribution in [-0.2, 0) is 16.4 Å². The molecule has 1 rings (SSSR count). The highest BCUT2D eigenvalue weighted by Gasteiger charge is 2.09. The number of benzene rings is 1. The molecule has 0 atom stereocenters. The first-order valence-corrected chi connectivity index (χ1v) is 7.68. The van der Waals surface area contributed by atoms with Crippen molar-refractivity contribution in [1.29, 1.82) is 0 Å². The summed E-state index contributed by atoms with van der Waals surface area (Å²) in [6.45, 7) is 1.94. The van der Waals surface area contributed by atoms with Crippen molar-refractivity contribution in [2.24, 2.45) is 10.9 Å². The summed E-state index contributed by atoms with van der Waals surface area (Å²) in [5.41, 5.74) is 6.74. The van der Waals surface area contributed by atoms with Gasteiger partial charge in [-0.3, -0.25) is 4.72 Å². The Labute approximate surface area is 113 Å². The van der Waals surface area contributed by atoms with E-state index in [9.17, 15) is 8.42 Å². The summed E-state index contributed by atoms with van der Waals surface area (Å²) in [5.74, 6) is 0.228. The van der Waals surface area contributed by atoms with E-state index in [1.165, 1.54) is 0 Å². The van der Waals surface area contributed by atoms with Gasteiger partial charge in [-0.2, -0.15) is 0 Å². The molecule has 0 aliphatic carbocycles. The quantitative estimate of drug-likeness (QED) is 0.306. The third-order valence-electron chi connectivity index (χ3n) is 2.51. The van der Waals surface area contributed by atoms with Gasteiger partial charge in [0.25, 0.3) is 0 Å². The zero-order valence-corrected chi connectivity index (χ0v) is 11.7. The van der Waals surface area contributed by atoms with Gasteiger partial charge in [-0.25, -0.2) is 8.42 Å². The molecular formula is C12H19N3O3S. The van der Waals surface area contributed by atoms with Crippen molar-refractivity contribution in [2.75, 3.05) is 10.5 Å². The van der Waals surface area contributed by atoms with E-state index in [0.29, 0.717) is 18.5 Å². The Hall–Kier alpha value is -1.76. The second kappa shape index (κ2) is 6.98. The second-order valence-corrected chi connectivity index (χ2v) is 6.08. The van der Waals surface area contributed by atoms with Crippen molar-refractivity contribution in [1.82, 2.24) is 0 Å². The molecule has 0 unspecified atom stereocenters. The first-order valence-electron chi connectivity index (χ1n) is 6.02. The lowest BCUT2D eigenvalue weighted by molar-refractivity contribution is 0.317. The number of unbranched alkanes of at least 4 members (excludes halogenated alkanes) is 1. The summed E-state index contributed by atoms with van der Waals surface area (Å²) in [4.78, 5) is 0. The predicted octanol–water partition coefficient (Wildman–Crippen LogP) is 1.52. The van der Waals surface area contributed by atoms with Crippen LogP contribution in [0.2, 0.25) is 0 Å². The molecular weight excluding hydrogens is 266 g/mol. The van der Waals surface area contributed by atoms with Gasteiger partial charge in [-0.05, 0) is 24.1 Å². The largest absolute Gasteiger partial charge is 0.409 e. The van der Waals surface area contributed by atoms with Crippen molar-refractivity contribution in [2.45, 2.75) is 26.2 Å². The standard InChI is InChI=1S/C12H19N3O3S/c1-2-3-8-19(17,18)15-11-6-4-10(5-7-11)9-12(13)14-16/h4-7,15-16H,2-3,8-9H2,1H3,(H2,13,14). The summed E-state index contributed by atoms with van der Waals surface area (Å²) < 4.78 is 25.9. The van der Waals surface area contributed by atoms with Crippen molar-refractivity contribution < 1.29 is 13.6 Å².